The summed E-state index contributed by atoms with van der Waals surface area (Å²) in [6, 6.07) is 0. The molecular weight excluding hydrogens is 365 g/mol. The summed E-state index contributed by atoms with van der Waals surface area (Å²) >= 11 is 0. The summed E-state index contributed by atoms with van der Waals surface area (Å²) in [5, 5.41) is 18.8. The smallest absolute Gasteiger partial charge is 0.280 e. The molecule has 0 amide bonds. The highest BCUT2D eigenvalue weighted by Crippen LogP contribution is 2.39. The van der Waals surface area contributed by atoms with Crippen LogP contribution in [0.5, 0.6) is 0 Å². The Bertz CT molecular complexity index is 870. The minimum atomic E-state index is -4.21. The molecule has 1 saturated heterocycles. The van der Waals surface area contributed by atoms with Crippen LogP contribution in [-0.4, -0.2) is 68.5 Å². The summed E-state index contributed by atoms with van der Waals surface area (Å²) in [5.41, 5.74) is 4.98. The number of nitrogens with zero attached hydrogens (tertiary/aromatic N) is 3. The number of nitrogens with one attached hydrogen (secondary N) is 1. The van der Waals surface area contributed by atoms with Gasteiger partial charge in [0.1, 0.15) is 6.10 Å². The Morgan fingerprint density at radius 1 is 1.46 bits per heavy atom. The van der Waals surface area contributed by atoms with Crippen LogP contribution in [0.1, 0.15) is 6.23 Å². The number of aromatic nitrogens is 4. The van der Waals surface area contributed by atoms with Crippen LogP contribution < -0.4 is 11.3 Å². The molecule has 0 saturated carbocycles. The van der Waals surface area contributed by atoms with Gasteiger partial charge < -0.3 is 35.4 Å². The molecule has 2 aromatic heterocycles. The molecule has 0 aromatic carbocycles. The first-order valence-corrected chi connectivity index (χ1v) is 9.99. The lowest BCUT2D eigenvalue weighted by atomic mass is 10.2. The van der Waals surface area contributed by atoms with E-state index in [0.29, 0.717) is 0 Å². The van der Waals surface area contributed by atoms with Crippen molar-refractivity contribution < 1.29 is 29.6 Å². The van der Waals surface area contributed by atoms with Gasteiger partial charge in [-0.2, -0.15) is 4.98 Å². The third-order valence-corrected chi connectivity index (χ3v) is 6.47. The van der Waals surface area contributed by atoms with Gasteiger partial charge in [-0.3, -0.25) is 14.3 Å². The number of aliphatic hydroxyl groups is 2. The number of aromatic amines is 1. The van der Waals surface area contributed by atoms with Crippen molar-refractivity contribution in [1.82, 2.24) is 19.5 Å². The van der Waals surface area contributed by atoms with Gasteiger partial charge >= 0.3 is 0 Å². The Morgan fingerprint density at radius 2 is 2.17 bits per heavy atom. The zero-order chi connectivity index (χ0) is 17.6. The monoisotopic (exact) mass is 381 g/mol. The zero-order valence-corrected chi connectivity index (χ0v) is 13.7. The molecule has 14 heteroatoms. The minimum Gasteiger partial charge on any atom is -0.394 e. The van der Waals surface area contributed by atoms with Crippen molar-refractivity contribution in [3.05, 3.63) is 16.7 Å². The average molecular weight is 381 g/mol. The average Bonchev–Trinajstić information content (AvgIpc) is 3.00. The highest BCUT2D eigenvalue weighted by atomic mass is 32.5. The summed E-state index contributed by atoms with van der Waals surface area (Å²) in [6.45, 7) is -4.73. The molecule has 12 nitrogen and oxygen atoms in total. The lowest BCUT2D eigenvalue weighted by molar-refractivity contribution is -0.0486. The number of aliphatic hydroxyl groups excluding tert-OH is 2. The van der Waals surface area contributed by atoms with E-state index in [0.717, 1.165) is 0 Å². The largest absolute Gasteiger partial charge is 0.394 e. The second kappa shape index (κ2) is 6.20. The van der Waals surface area contributed by atoms with Gasteiger partial charge in [0, 0.05) is 0 Å². The molecule has 3 rings (SSSR count). The first-order chi connectivity index (χ1) is 11.2. The SMILES string of the molecule is Nc1nc2c(ncn2[C@@H]2O[C@H](CO)[C@@H]([SH]=P(O)(O)O)[C@@H]2O)c(=O)[nH]1. The molecule has 0 aliphatic carbocycles. The fraction of sp³-hybridized carbons (Fsp3) is 0.500. The van der Waals surface area contributed by atoms with Gasteiger partial charge in [-0.1, -0.05) is 0 Å². The number of nitrogens with two attached hydrogens (primary N) is 1. The molecule has 1 aliphatic rings. The molecule has 1 fully saturated rings. The first-order valence-electron chi connectivity index (χ1n) is 6.67. The Balaban J connectivity index is 2.06. The van der Waals surface area contributed by atoms with Crippen LogP contribution in [0.2, 0.25) is 0 Å². The Morgan fingerprint density at radius 3 is 2.79 bits per heavy atom. The summed E-state index contributed by atoms with van der Waals surface area (Å²) < 4.78 is 6.78. The van der Waals surface area contributed by atoms with Gasteiger partial charge in [-0.15, -0.1) is 10.9 Å². The van der Waals surface area contributed by atoms with E-state index >= 15 is 0 Å². The topological polar surface area (TPSA) is 200 Å². The van der Waals surface area contributed by atoms with Crippen molar-refractivity contribution in [3.63, 3.8) is 0 Å². The van der Waals surface area contributed by atoms with Gasteiger partial charge in [-0.05, 0) is 0 Å². The van der Waals surface area contributed by atoms with Crippen LogP contribution in [0, 0.1) is 0 Å². The van der Waals surface area contributed by atoms with Crippen LogP contribution in [0.3, 0.4) is 0 Å². The maximum Gasteiger partial charge on any atom is 0.280 e. The quantitative estimate of drug-likeness (QED) is 0.198. The molecule has 2 aromatic rings. The van der Waals surface area contributed by atoms with Crippen LogP contribution in [0.4, 0.5) is 5.95 Å². The fourth-order valence-corrected chi connectivity index (χ4v) is 5.44. The van der Waals surface area contributed by atoms with Gasteiger partial charge in [0.25, 0.3) is 12.3 Å². The van der Waals surface area contributed by atoms with E-state index in [1.807, 2.05) is 0 Å². The fourth-order valence-electron chi connectivity index (χ4n) is 2.56. The molecule has 0 unspecified atom stereocenters. The standard InChI is InChI=1S/C10H16N5O7PS/c11-10-13-7-4(8(18)14-10)12-2-15(7)9-5(17)6(3(1-16)22-9)24-23(19,20)21/h2-3,5-6,9,16-17,19-21,24H,1H2,(H3,11,13,14,18)/t3-,5+,6-,9-/m1/s1. The molecular formula is C10H16N5O7PS. The van der Waals surface area contributed by atoms with Crippen molar-refractivity contribution >= 4 is 34.8 Å². The molecule has 0 bridgehead atoms. The van der Waals surface area contributed by atoms with Crippen molar-refractivity contribution in [2.45, 2.75) is 23.7 Å². The van der Waals surface area contributed by atoms with Gasteiger partial charge in [0.05, 0.1) is 24.3 Å². The second-order valence-corrected chi connectivity index (χ2v) is 9.36. The van der Waals surface area contributed by atoms with Crippen molar-refractivity contribution in [2.75, 3.05) is 12.3 Å². The molecule has 8 N–H and O–H groups in total. The molecule has 1 aliphatic heterocycles. The van der Waals surface area contributed by atoms with Crippen LogP contribution in [0.15, 0.2) is 11.1 Å². The maximum atomic E-state index is 11.8. The van der Waals surface area contributed by atoms with E-state index in [1.54, 1.807) is 0 Å². The van der Waals surface area contributed by atoms with E-state index in [1.165, 1.54) is 10.9 Å². The number of rotatable bonds is 3. The minimum absolute atomic E-state index is 0.0186. The van der Waals surface area contributed by atoms with E-state index in [-0.39, 0.29) is 28.1 Å². The van der Waals surface area contributed by atoms with Gasteiger partial charge in [0.15, 0.2) is 17.4 Å². The zero-order valence-electron chi connectivity index (χ0n) is 12.0. The Hall–Kier alpha value is -1.31. The normalized spacial score (nSPS) is 27.9. The highest BCUT2D eigenvalue weighted by Gasteiger charge is 2.45. The maximum absolute atomic E-state index is 11.8. The molecule has 134 valence electrons. The number of fused-ring (bicyclic) bond motifs is 1. The number of ether oxygens (including phenoxy) is 1. The number of thiol groups is 1. The van der Waals surface area contributed by atoms with E-state index in [2.05, 4.69) is 15.0 Å². The summed E-state index contributed by atoms with van der Waals surface area (Å²) in [7, 11) is -0.257. The number of H-pyrrole nitrogens is 1. The van der Waals surface area contributed by atoms with Crippen LogP contribution in [0.25, 0.3) is 11.2 Å². The van der Waals surface area contributed by atoms with E-state index in [4.69, 9.17) is 10.5 Å². The van der Waals surface area contributed by atoms with Crippen molar-refractivity contribution in [1.29, 1.82) is 0 Å². The molecule has 0 radical (unpaired) electrons. The summed E-state index contributed by atoms with van der Waals surface area (Å²) in [6.07, 6.45) is -2.18. The number of anilines is 1. The van der Waals surface area contributed by atoms with Crippen LogP contribution >= 0.6 is 6.72 Å². The lowest BCUT2D eigenvalue weighted by Gasteiger charge is -2.18. The highest BCUT2D eigenvalue weighted by molar-refractivity contribution is 8.16. The Labute approximate surface area is 137 Å². The van der Waals surface area contributed by atoms with E-state index < -0.39 is 42.6 Å². The predicted molar refractivity (Wildman–Crippen MR) is 85.7 cm³/mol. The van der Waals surface area contributed by atoms with Gasteiger partial charge in [0.2, 0.25) is 5.95 Å². The van der Waals surface area contributed by atoms with Gasteiger partial charge in [-0.25, -0.2) is 4.98 Å². The van der Waals surface area contributed by atoms with Crippen molar-refractivity contribution in [3.8, 4) is 0 Å². The predicted octanol–water partition coefficient (Wildman–Crippen LogP) is -3.21. The van der Waals surface area contributed by atoms with Crippen molar-refractivity contribution in [2.24, 2.45) is 0 Å². The number of nitrogen functional groups attached to an aromatic ring is 1. The molecule has 0 spiro atoms. The Kier molecular flexibility index (Phi) is 4.53. The third-order valence-electron chi connectivity index (χ3n) is 3.53. The second-order valence-electron chi connectivity index (χ2n) is 5.16. The number of imidazole rings is 1. The molecule has 4 atom stereocenters. The summed E-state index contributed by atoms with van der Waals surface area (Å²) in [4.78, 5) is 49.6. The number of hydrogen-bond acceptors (Lipinski definition) is 7. The summed E-state index contributed by atoms with van der Waals surface area (Å²) in [5.74, 6) is -0.152. The van der Waals surface area contributed by atoms with Crippen LogP contribution in [-0.2, 0) is 15.7 Å². The molecule has 3 heterocycles. The lowest BCUT2D eigenvalue weighted by Crippen LogP contribution is -2.33. The first kappa shape index (κ1) is 17.5. The molecule has 24 heavy (non-hydrogen) atoms. The number of hydrogen-bond donors (Lipinski definition) is 8. The van der Waals surface area contributed by atoms with E-state index in [9.17, 15) is 29.7 Å². The third kappa shape index (κ3) is 3.12.